The molecule has 1 aromatic rings. The Labute approximate surface area is 127 Å². The molecule has 0 unspecified atom stereocenters. The Morgan fingerprint density at radius 2 is 2.14 bits per heavy atom. The number of fused-ring (bicyclic) bond motifs is 2. The highest BCUT2D eigenvalue weighted by molar-refractivity contribution is 5.69. The predicted molar refractivity (Wildman–Crippen MR) is 85.9 cm³/mol. The number of methoxy groups -OCH3 is 1. The van der Waals surface area contributed by atoms with Crippen molar-refractivity contribution < 1.29 is 9.47 Å². The molecule has 114 valence electrons. The molecule has 2 atom stereocenters. The number of rotatable bonds is 2. The monoisotopic (exact) mass is 287 g/mol. The summed E-state index contributed by atoms with van der Waals surface area (Å²) in [7, 11) is 3.98. The molecule has 1 heterocycles. The van der Waals surface area contributed by atoms with E-state index >= 15 is 0 Å². The van der Waals surface area contributed by atoms with Gasteiger partial charge in [0.15, 0.2) is 0 Å². The van der Waals surface area contributed by atoms with Crippen molar-refractivity contribution in [2.45, 2.75) is 38.8 Å². The fraction of sp³-hybridized carbons (Fsp3) is 0.556. The lowest BCUT2D eigenvalue weighted by atomic mass is 9.80. The fourth-order valence-corrected chi connectivity index (χ4v) is 3.65. The molecule has 0 bridgehead atoms. The highest BCUT2D eigenvalue weighted by Gasteiger charge is 2.37. The maximum atomic E-state index is 6.05. The molecule has 3 nitrogen and oxygen atoms in total. The Morgan fingerprint density at radius 1 is 1.33 bits per heavy atom. The van der Waals surface area contributed by atoms with E-state index in [-0.39, 0.29) is 0 Å². The molecule has 3 rings (SSSR count). The van der Waals surface area contributed by atoms with E-state index < -0.39 is 0 Å². The summed E-state index contributed by atoms with van der Waals surface area (Å²) >= 11 is 0. The Hall–Kier alpha value is -1.32. The molecule has 0 amide bonds. The first kappa shape index (κ1) is 14.6. The molecular weight excluding hydrogens is 262 g/mol. The normalized spacial score (nSPS) is 26.2. The van der Waals surface area contributed by atoms with Crippen LogP contribution in [0.5, 0.6) is 5.75 Å². The molecule has 0 N–H and O–H groups in total. The first-order chi connectivity index (χ1) is 10.2. The third-order valence-corrected chi connectivity index (χ3v) is 5.06. The minimum atomic E-state index is 0.312. The van der Waals surface area contributed by atoms with E-state index in [1.165, 1.54) is 22.3 Å². The van der Waals surface area contributed by atoms with Crippen molar-refractivity contribution in [2.24, 2.45) is 0 Å². The molecule has 0 spiro atoms. The first-order valence-electron chi connectivity index (χ1n) is 7.79. The maximum Gasteiger partial charge on any atom is 0.122 e. The van der Waals surface area contributed by atoms with Crippen LogP contribution in [0.15, 0.2) is 18.2 Å². The Kier molecular flexibility index (Phi) is 4.05. The molecule has 21 heavy (non-hydrogen) atoms. The maximum absolute atomic E-state index is 6.05. The number of ether oxygens (including phenoxy) is 2. The van der Waals surface area contributed by atoms with Gasteiger partial charge in [0, 0.05) is 19.0 Å². The second-order valence-electron chi connectivity index (χ2n) is 6.11. The SMILES string of the molecule is CC=C(C)c1ccc(OC)c2c1C[C@H]1OCCN(C)[C@@H]1C2. The average molecular weight is 287 g/mol. The topological polar surface area (TPSA) is 21.7 Å². The third-order valence-electron chi connectivity index (χ3n) is 5.06. The van der Waals surface area contributed by atoms with Crippen LogP contribution < -0.4 is 4.74 Å². The quantitative estimate of drug-likeness (QED) is 0.835. The van der Waals surface area contributed by atoms with Gasteiger partial charge in [0.1, 0.15) is 5.75 Å². The van der Waals surface area contributed by atoms with Gasteiger partial charge in [-0.1, -0.05) is 12.1 Å². The number of likely N-dealkylation sites (N-methyl/N-ethyl adjacent to an activating group) is 1. The van der Waals surface area contributed by atoms with Crippen LogP contribution >= 0.6 is 0 Å². The van der Waals surface area contributed by atoms with Gasteiger partial charge in [0.05, 0.1) is 19.8 Å². The molecular formula is C18H25NO2. The van der Waals surface area contributed by atoms with Gasteiger partial charge < -0.3 is 9.47 Å². The van der Waals surface area contributed by atoms with E-state index in [1.54, 1.807) is 7.11 Å². The van der Waals surface area contributed by atoms with Crippen LogP contribution in [0, 0.1) is 0 Å². The molecule has 0 aromatic heterocycles. The van der Waals surface area contributed by atoms with Crippen LogP contribution in [0.2, 0.25) is 0 Å². The largest absolute Gasteiger partial charge is 0.496 e. The fourth-order valence-electron chi connectivity index (χ4n) is 3.65. The summed E-state index contributed by atoms with van der Waals surface area (Å²) in [4.78, 5) is 2.44. The molecule has 2 aliphatic rings. The Morgan fingerprint density at radius 3 is 2.86 bits per heavy atom. The van der Waals surface area contributed by atoms with Crippen molar-refractivity contribution in [3.05, 3.63) is 34.9 Å². The number of nitrogens with zero attached hydrogens (tertiary/aromatic N) is 1. The standard InChI is InChI=1S/C18H25NO2/c1-5-12(2)13-6-7-17(20-4)15-10-16-18(11-14(13)15)21-9-8-19(16)3/h5-7,16,18H,8-11H2,1-4H3/t16-,18-/m1/s1. The van der Waals surface area contributed by atoms with E-state index in [9.17, 15) is 0 Å². The van der Waals surface area contributed by atoms with Crippen LogP contribution in [0.3, 0.4) is 0 Å². The third kappa shape index (κ3) is 2.49. The zero-order valence-electron chi connectivity index (χ0n) is 13.5. The van der Waals surface area contributed by atoms with Crippen molar-refractivity contribution in [2.75, 3.05) is 27.3 Å². The summed E-state index contributed by atoms with van der Waals surface area (Å²) in [5.41, 5.74) is 5.47. The minimum Gasteiger partial charge on any atom is -0.496 e. The highest BCUT2D eigenvalue weighted by Crippen LogP contribution is 2.37. The zero-order chi connectivity index (χ0) is 15.0. The summed E-state index contributed by atoms with van der Waals surface area (Å²) in [5.74, 6) is 1.02. The lowest BCUT2D eigenvalue weighted by Gasteiger charge is -2.43. The van der Waals surface area contributed by atoms with Crippen LogP contribution in [-0.4, -0.2) is 44.4 Å². The van der Waals surface area contributed by atoms with E-state index in [0.717, 1.165) is 31.7 Å². The van der Waals surface area contributed by atoms with Gasteiger partial charge in [0.25, 0.3) is 0 Å². The van der Waals surface area contributed by atoms with Gasteiger partial charge in [-0.15, -0.1) is 0 Å². The smallest absolute Gasteiger partial charge is 0.122 e. The molecule has 1 saturated heterocycles. The minimum absolute atomic E-state index is 0.312. The van der Waals surface area contributed by atoms with Crippen LogP contribution in [0.4, 0.5) is 0 Å². The molecule has 0 radical (unpaired) electrons. The number of morpholine rings is 1. The second kappa shape index (κ2) is 5.82. The van der Waals surface area contributed by atoms with Crippen molar-refractivity contribution >= 4 is 5.57 Å². The predicted octanol–water partition coefficient (Wildman–Crippen LogP) is 2.92. The molecule has 3 heteroatoms. The second-order valence-corrected chi connectivity index (χ2v) is 6.11. The lowest BCUT2D eigenvalue weighted by molar-refractivity contribution is -0.0646. The van der Waals surface area contributed by atoms with Gasteiger partial charge in [0.2, 0.25) is 0 Å². The van der Waals surface area contributed by atoms with Crippen LogP contribution in [0.25, 0.3) is 5.57 Å². The number of allylic oxidation sites excluding steroid dienone is 2. The lowest BCUT2D eigenvalue weighted by Crippen LogP contribution is -2.53. The van der Waals surface area contributed by atoms with Gasteiger partial charge in [-0.25, -0.2) is 0 Å². The van der Waals surface area contributed by atoms with Gasteiger partial charge in [-0.05, 0) is 55.6 Å². The number of hydrogen-bond acceptors (Lipinski definition) is 3. The van der Waals surface area contributed by atoms with Gasteiger partial charge in [-0.3, -0.25) is 4.90 Å². The Bertz CT molecular complexity index is 565. The summed E-state index contributed by atoms with van der Waals surface area (Å²) in [6.07, 6.45) is 4.50. The van der Waals surface area contributed by atoms with Gasteiger partial charge in [-0.2, -0.15) is 0 Å². The Balaban J connectivity index is 2.08. The summed E-state index contributed by atoms with van der Waals surface area (Å²) < 4.78 is 11.7. The summed E-state index contributed by atoms with van der Waals surface area (Å²) in [6, 6.07) is 4.78. The first-order valence-corrected chi connectivity index (χ1v) is 7.79. The van der Waals surface area contributed by atoms with Crippen molar-refractivity contribution in [1.29, 1.82) is 0 Å². The van der Waals surface area contributed by atoms with Crippen LogP contribution in [-0.2, 0) is 17.6 Å². The van der Waals surface area contributed by atoms with E-state index in [0.29, 0.717) is 12.1 Å². The van der Waals surface area contributed by atoms with Gasteiger partial charge >= 0.3 is 0 Å². The summed E-state index contributed by atoms with van der Waals surface area (Å²) in [6.45, 7) is 6.14. The number of hydrogen-bond donors (Lipinski definition) is 0. The van der Waals surface area contributed by atoms with Crippen LogP contribution in [0.1, 0.15) is 30.5 Å². The van der Waals surface area contributed by atoms with E-state index in [1.807, 2.05) is 0 Å². The van der Waals surface area contributed by atoms with E-state index in [4.69, 9.17) is 9.47 Å². The summed E-state index contributed by atoms with van der Waals surface area (Å²) in [5, 5.41) is 0. The highest BCUT2D eigenvalue weighted by atomic mass is 16.5. The van der Waals surface area contributed by atoms with Crippen molar-refractivity contribution in [3.63, 3.8) is 0 Å². The van der Waals surface area contributed by atoms with E-state index in [2.05, 4.69) is 44.0 Å². The molecule has 0 saturated carbocycles. The van der Waals surface area contributed by atoms with Crippen molar-refractivity contribution in [1.82, 2.24) is 4.90 Å². The van der Waals surface area contributed by atoms with Crippen molar-refractivity contribution in [3.8, 4) is 5.75 Å². The zero-order valence-corrected chi connectivity index (χ0v) is 13.5. The molecule has 1 aliphatic heterocycles. The average Bonchev–Trinajstić information content (AvgIpc) is 2.52. The molecule has 1 aliphatic carbocycles. The number of benzene rings is 1. The molecule has 1 fully saturated rings. The molecule has 1 aromatic carbocycles.